The van der Waals surface area contributed by atoms with Crippen molar-refractivity contribution in [1.29, 1.82) is 0 Å². The number of alkyl carbamates (subject to hydrolysis) is 1. The van der Waals surface area contributed by atoms with Gasteiger partial charge in [0.05, 0.1) is 6.61 Å². The van der Waals surface area contributed by atoms with Crippen molar-refractivity contribution in [3.8, 4) is 0 Å². The molecule has 0 radical (unpaired) electrons. The number of amides is 2. The predicted octanol–water partition coefficient (Wildman–Crippen LogP) is 3.00. The molecule has 6 heteroatoms. The van der Waals surface area contributed by atoms with Gasteiger partial charge in [0.15, 0.2) is 0 Å². The van der Waals surface area contributed by atoms with Crippen LogP contribution in [0.5, 0.6) is 0 Å². The van der Waals surface area contributed by atoms with Gasteiger partial charge < -0.3 is 20.1 Å². The summed E-state index contributed by atoms with van der Waals surface area (Å²) in [5.41, 5.74) is 0. The molecule has 0 aliphatic heterocycles. The Morgan fingerprint density at radius 2 is 1.36 bits per heavy atom. The summed E-state index contributed by atoms with van der Waals surface area (Å²) >= 11 is 0. The van der Waals surface area contributed by atoms with E-state index in [1.165, 1.54) is 32.1 Å². The standard InChI is InChI=1S/C19H34N2O4/c1-14(22)20-17-7-3-15(4-8-17)13-16-5-9-18(10-6-16)21-19(23)25-12-11-24-2/h15-18H,3-13H2,1-2H3,(H,20,22)(H,21,23). The summed E-state index contributed by atoms with van der Waals surface area (Å²) in [7, 11) is 1.59. The van der Waals surface area contributed by atoms with Crippen LogP contribution in [0.25, 0.3) is 0 Å². The van der Waals surface area contributed by atoms with E-state index in [4.69, 9.17) is 9.47 Å². The minimum atomic E-state index is -0.322. The largest absolute Gasteiger partial charge is 0.447 e. The van der Waals surface area contributed by atoms with E-state index in [2.05, 4.69) is 10.6 Å². The van der Waals surface area contributed by atoms with Gasteiger partial charge in [-0.15, -0.1) is 0 Å². The van der Waals surface area contributed by atoms with Crippen LogP contribution >= 0.6 is 0 Å². The average molecular weight is 354 g/mol. The molecule has 0 atom stereocenters. The number of carbonyl (C=O) groups is 2. The zero-order chi connectivity index (χ0) is 18.1. The molecule has 2 aliphatic rings. The summed E-state index contributed by atoms with van der Waals surface area (Å²) in [6, 6.07) is 0.639. The van der Waals surface area contributed by atoms with E-state index in [9.17, 15) is 9.59 Å². The maximum Gasteiger partial charge on any atom is 0.407 e. The van der Waals surface area contributed by atoms with Crippen molar-refractivity contribution in [1.82, 2.24) is 10.6 Å². The van der Waals surface area contributed by atoms with Crippen LogP contribution in [0.1, 0.15) is 64.7 Å². The molecule has 2 amide bonds. The quantitative estimate of drug-likeness (QED) is 0.689. The predicted molar refractivity (Wildman–Crippen MR) is 96.3 cm³/mol. The van der Waals surface area contributed by atoms with Gasteiger partial charge in [-0.2, -0.15) is 0 Å². The monoisotopic (exact) mass is 354 g/mol. The van der Waals surface area contributed by atoms with Gasteiger partial charge in [-0.1, -0.05) is 0 Å². The van der Waals surface area contributed by atoms with Gasteiger partial charge in [0.25, 0.3) is 0 Å². The highest BCUT2D eigenvalue weighted by Crippen LogP contribution is 2.35. The van der Waals surface area contributed by atoms with Crippen LogP contribution in [0.4, 0.5) is 4.79 Å². The molecule has 0 aromatic heterocycles. The van der Waals surface area contributed by atoms with Crippen molar-refractivity contribution in [2.45, 2.75) is 76.8 Å². The highest BCUT2D eigenvalue weighted by atomic mass is 16.6. The normalized spacial score (nSPS) is 29.7. The molecule has 0 heterocycles. The number of nitrogens with one attached hydrogen (secondary N) is 2. The van der Waals surface area contributed by atoms with Gasteiger partial charge in [-0.3, -0.25) is 4.79 Å². The fraction of sp³-hybridized carbons (Fsp3) is 0.895. The van der Waals surface area contributed by atoms with Crippen LogP contribution < -0.4 is 10.6 Å². The van der Waals surface area contributed by atoms with Gasteiger partial charge in [-0.05, 0) is 69.6 Å². The van der Waals surface area contributed by atoms with Gasteiger partial charge in [0, 0.05) is 26.1 Å². The molecular weight excluding hydrogens is 320 g/mol. The molecule has 2 N–H and O–H groups in total. The molecule has 2 fully saturated rings. The molecule has 0 spiro atoms. The van der Waals surface area contributed by atoms with Crippen LogP contribution in [0.3, 0.4) is 0 Å². The molecule has 2 saturated carbocycles. The summed E-state index contributed by atoms with van der Waals surface area (Å²) in [5.74, 6) is 1.68. The van der Waals surface area contributed by atoms with Gasteiger partial charge in [0.1, 0.15) is 6.61 Å². The molecule has 6 nitrogen and oxygen atoms in total. The lowest BCUT2D eigenvalue weighted by molar-refractivity contribution is -0.119. The Kier molecular flexibility index (Phi) is 8.52. The van der Waals surface area contributed by atoms with E-state index in [1.54, 1.807) is 14.0 Å². The Hall–Kier alpha value is -1.30. The Morgan fingerprint density at radius 3 is 1.84 bits per heavy atom. The highest BCUT2D eigenvalue weighted by Gasteiger charge is 2.27. The van der Waals surface area contributed by atoms with Crippen molar-refractivity contribution in [2.75, 3.05) is 20.3 Å². The van der Waals surface area contributed by atoms with E-state index < -0.39 is 0 Å². The van der Waals surface area contributed by atoms with Crippen LogP contribution in [-0.2, 0) is 14.3 Å². The number of hydrogen-bond acceptors (Lipinski definition) is 4. The van der Waals surface area contributed by atoms with Gasteiger partial charge in [-0.25, -0.2) is 4.79 Å². The van der Waals surface area contributed by atoms with Crippen molar-refractivity contribution in [3.63, 3.8) is 0 Å². The number of carbonyl (C=O) groups excluding carboxylic acids is 2. The lowest BCUT2D eigenvalue weighted by atomic mass is 9.75. The second kappa shape index (κ2) is 10.6. The van der Waals surface area contributed by atoms with Gasteiger partial charge >= 0.3 is 6.09 Å². The zero-order valence-corrected chi connectivity index (χ0v) is 15.7. The van der Waals surface area contributed by atoms with Crippen LogP contribution in [0, 0.1) is 11.8 Å². The third kappa shape index (κ3) is 7.63. The van der Waals surface area contributed by atoms with Gasteiger partial charge in [0.2, 0.25) is 5.91 Å². The van der Waals surface area contributed by atoms with Crippen molar-refractivity contribution in [2.24, 2.45) is 11.8 Å². The summed E-state index contributed by atoms with van der Waals surface area (Å²) < 4.78 is 9.93. The average Bonchev–Trinajstić information content (AvgIpc) is 2.58. The maximum atomic E-state index is 11.7. The first-order valence-electron chi connectivity index (χ1n) is 9.76. The van der Waals surface area contributed by atoms with E-state index in [0.717, 1.165) is 37.5 Å². The van der Waals surface area contributed by atoms with E-state index >= 15 is 0 Å². The third-order valence-corrected chi connectivity index (χ3v) is 5.61. The molecule has 0 unspecified atom stereocenters. The second-order valence-electron chi connectivity index (χ2n) is 7.64. The number of hydrogen-bond donors (Lipinski definition) is 2. The number of methoxy groups -OCH3 is 1. The third-order valence-electron chi connectivity index (χ3n) is 5.61. The first-order chi connectivity index (χ1) is 12.1. The van der Waals surface area contributed by atoms with Crippen molar-refractivity contribution < 1.29 is 19.1 Å². The maximum absolute atomic E-state index is 11.7. The Balaban J connectivity index is 1.58. The topological polar surface area (TPSA) is 76.7 Å². The Morgan fingerprint density at radius 1 is 0.840 bits per heavy atom. The molecule has 2 aliphatic carbocycles. The molecule has 144 valence electrons. The summed E-state index contributed by atoms with van der Waals surface area (Å²) in [4.78, 5) is 22.8. The molecular formula is C19H34N2O4. The number of rotatable bonds is 7. The van der Waals surface area contributed by atoms with Crippen LogP contribution in [0.15, 0.2) is 0 Å². The van der Waals surface area contributed by atoms with E-state index in [1.807, 2.05) is 0 Å². The first kappa shape index (κ1) is 20.0. The minimum Gasteiger partial charge on any atom is -0.447 e. The summed E-state index contributed by atoms with van der Waals surface area (Å²) in [6.45, 7) is 2.34. The smallest absolute Gasteiger partial charge is 0.407 e. The van der Waals surface area contributed by atoms with E-state index in [0.29, 0.717) is 19.3 Å². The molecule has 2 rings (SSSR count). The zero-order valence-electron chi connectivity index (χ0n) is 15.7. The molecule has 0 bridgehead atoms. The lowest BCUT2D eigenvalue weighted by Crippen LogP contribution is -2.39. The Bertz CT molecular complexity index is 414. The fourth-order valence-electron chi connectivity index (χ4n) is 4.27. The van der Waals surface area contributed by atoms with Crippen molar-refractivity contribution in [3.05, 3.63) is 0 Å². The number of ether oxygens (including phenoxy) is 2. The van der Waals surface area contributed by atoms with Crippen molar-refractivity contribution >= 4 is 12.0 Å². The minimum absolute atomic E-state index is 0.0926. The molecule has 0 aromatic rings. The van der Waals surface area contributed by atoms with Crippen LogP contribution in [0.2, 0.25) is 0 Å². The lowest BCUT2D eigenvalue weighted by Gasteiger charge is -2.34. The fourth-order valence-corrected chi connectivity index (χ4v) is 4.27. The van der Waals surface area contributed by atoms with E-state index in [-0.39, 0.29) is 18.0 Å². The summed E-state index contributed by atoms with van der Waals surface area (Å²) in [5, 5.41) is 6.02. The SMILES string of the molecule is COCCOC(=O)NC1CCC(CC2CCC(NC(C)=O)CC2)CC1. The molecule has 0 saturated heterocycles. The first-order valence-corrected chi connectivity index (χ1v) is 9.76. The Labute approximate surface area is 151 Å². The molecule has 25 heavy (non-hydrogen) atoms. The summed E-state index contributed by atoms with van der Waals surface area (Å²) in [6.07, 6.45) is 10.2. The molecule has 0 aromatic carbocycles. The van der Waals surface area contributed by atoms with Crippen LogP contribution in [-0.4, -0.2) is 44.4 Å². The second-order valence-corrected chi connectivity index (χ2v) is 7.64. The highest BCUT2D eigenvalue weighted by molar-refractivity contribution is 5.73.